The first-order chi connectivity index (χ1) is 8.02. The van der Waals surface area contributed by atoms with Crippen molar-refractivity contribution in [1.29, 1.82) is 0 Å². The second kappa shape index (κ2) is 6.74. The third-order valence-corrected chi connectivity index (χ3v) is 3.72. The second-order valence-corrected chi connectivity index (χ2v) is 5.58. The Hall–Kier alpha value is -0.910. The van der Waals surface area contributed by atoms with Crippen molar-refractivity contribution in [2.24, 2.45) is 0 Å². The Balaban J connectivity index is 2.65. The molecule has 1 saturated heterocycles. The molecule has 1 heterocycles. The summed E-state index contributed by atoms with van der Waals surface area (Å²) in [4.78, 5) is 26.1. The zero-order chi connectivity index (χ0) is 12.8. The van der Waals surface area contributed by atoms with Crippen LogP contribution in [0.4, 0.5) is 4.79 Å². The van der Waals surface area contributed by atoms with Crippen molar-refractivity contribution in [3.63, 3.8) is 0 Å². The first-order valence-electron chi connectivity index (χ1n) is 5.87. The molecule has 17 heavy (non-hydrogen) atoms. The van der Waals surface area contributed by atoms with E-state index in [-0.39, 0.29) is 18.6 Å². The van der Waals surface area contributed by atoms with Crippen LogP contribution in [0.2, 0.25) is 0 Å². The molecule has 98 valence electrons. The van der Waals surface area contributed by atoms with E-state index in [2.05, 4.69) is 0 Å². The summed E-state index contributed by atoms with van der Waals surface area (Å²) in [6.45, 7) is 4.90. The van der Waals surface area contributed by atoms with Crippen LogP contribution in [0.3, 0.4) is 0 Å². The number of amides is 2. The summed E-state index contributed by atoms with van der Waals surface area (Å²) in [7, 11) is 0. The van der Waals surface area contributed by atoms with Crippen LogP contribution in [-0.4, -0.2) is 64.1 Å². The molecular weight excluding hydrogens is 240 g/mol. The average Bonchev–Trinajstić information content (AvgIpc) is 2.52. The van der Waals surface area contributed by atoms with E-state index in [4.69, 9.17) is 5.11 Å². The summed E-state index contributed by atoms with van der Waals surface area (Å²) in [5.74, 6) is 1.05. The Morgan fingerprint density at radius 3 is 2.65 bits per heavy atom. The van der Waals surface area contributed by atoms with Crippen LogP contribution in [0.1, 0.15) is 20.3 Å². The smallest absolute Gasteiger partial charge is 0.323 e. The number of carboxylic acids is 1. The summed E-state index contributed by atoms with van der Waals surface area (Å²) in [6, 6.07) is -0.237. The third kappa shape index (κ3) is 4.46. The SMILES string of the molecule is CC(C)N(CC(=O)O)C(=O)N1CCCSCC1. The Kier molecular flexibility index (Phi) is 5.61. The molecule has 1 rings (SSSR count). The number of hydrogen-bond acceptors (Lipinski definition) is 3. The van der Waals surface area contributed by atoms with Gasteiger partial charge in [-0.25, -0.2) is 4.79 Å². The van der Waals surface area contributed by atoms with Crippen molar-refractivity contribution in [3.8, 4) is 0 Å². The Morgan fingerprint density at radius 2 is 2.06 bits per heavy atom. The molecule has 0 aromatic carbocycles. The molecular formula is C11H20N2O3S. The van der Waals surface area contributed by atoms with E-state index in [9.17, 15) is 9.59 Å². The van der Waals surface area contributed by atoms with Crippen LogP contribution in [0.5, 0.6) is 0 Å². The number of carbonyl (C=O) groups excluding carboxylic acids is 1. The number of carbonyl (C=O) groups is 2. The summed E-state index contributed by atoms with van der Waals surface area (Å²) in [5.41, 5.74) is 0. The van der Waals surface area contributed by atoms with E-state index in [1.807, 2.05) is 25.6 Å². The standard InChI is InChI=1S/C11H20N2O3S/c1-9(2)13(8-10(14)15)11(16)12-4-3-6-17-7-5-12/h9H,3-8H2,1-2H3,(H,14,15). The van der Waals surface area contributed by atoms with Gasteiger partial charge in [-0.3, -0.25) is 4.79 Å². The molecule has 5 nitrogen and oxygen atoms in total. The first kappa shape index (κ1) is 14.2. The predicted molar refractivity (Wildman–Crippen MR) is 68.4 cm³/mol. The van der Waals surface area contributed by atoms with E-state index in [0.29, 0.717) is 6.54 Å². The minimum absolute atomic E-state index is 0.0884. The molecule has 0 aromatic heterocycles. The van der Waals surface area contributed by atoms with Crippen molar-refractivity contribution in [1.82, 2.24) is 9.80 Å². The largest absolute Gasteiger partial charge is 0.480 e. The predicted octanol–water partition coefficient (Wildman–Crippen LogP) is 1.34. The summed E-state index contributed by atoms with van der Waals surface area (Å²) >= 11 is 1.84. The highest BCUT2D eigenvalue weighted by Gasteiger charge is 2.25. The number of hydrogen-bond donors (Lipinski definition) is 1. The van der Waals surface area contributed by atoms with E-state index in [0.717, 1.165) is 24.5 Å². The maximum Gasteiger partial charge on any atom is 0.323 e. The van der Waals surface area contributed by atoms with Crippen molar-refractivity contribution in [2.75, 3.05) is 31.1 Å². The minimum Gasteiger partial charge on any atom is -0.480 e. The summed E-state index contributed by atoms with van der Waals surface area (Å²) in [5, 5.41) is 8.82. The summed E-state index contributed by atoms with van der Waals surface area (Å²) < 4.78 is 0. The third-order valence-electron chi connectivity index (χ3n) is 2.67. The van der Waals surface area contributed by atoms with Crippen molar-refractivity contribution >= 4 is 23.8 Å². The van der Waals surface area contributed by atoms with Gasteiger partial charge in [0, 0.05) is 24.9 Å². The van der Waals surface area contributed by atoms with E-state index < -0.39 is 5.97 Å². The fourth-order valence-corrected chi connectivity index (χ4v) is 2.62. The van der Waals surface area contributed by atoms with Crippen molar-refractivity contribution in [2.45, 2.75) is 26.3 Å². The lowest BCUT2D eigenvalue weighted by atomic mass is 10.3. The Morgan fingerprint density at radius 1 is 1.35 bits per heavy atom. The fourth-order valence-electron chi connectivity index (χ4n) is 1.74. The van der Waals surface area contributed by atoms with Gasteiger partial charge in [0.15, 0.2) is 0 Å². The van der Waals surface area contributed by atoms with Gasteiger partial charge in [0.2, 0.25) is 0 Å². The second-order valence-electron chi connectivity index (χ2n) is 4.35. The molecule has 0 aromatic rings. The van der Waals surface area contributed by atoms with Crippen LogP contribution >= 0.6 is 11.8 Å². The molecule has 1 N–H and O–H groups in total. The highest BCUT2D eigenvalue weighted by molar-refractivity contribution is 7.99. The average molecular weight is 260 g/mol. The molecule has 2 amide bonds. The molecule has 6 heteroatoms. The molecule has 0 atom stereocenters. The van der Waals surface area contributed by atoms with E-state index in [1.165, 1.54) is 4.90 Å². The van der Waals surface area contributed by atoms with Crippen LogP contribution in [-0.2, 0) is 4.79 Å². The molecule has 1 fully saturated rings. The quantitative estimate of drug-likeness (QED) is 0.832. The molecule has 0 saturated carbocycles. The maximum atomic E-state index is 12.2. The molecule has 1 aliphatic heterocycles. The van der Waals surface area contributed by atoms with Crippen LogP contribution < -0.4 is 0 Å². The first-order valence-corrected chi connectivity index (χ1v) is 7.03. The number of aliphatic carboxylic acids is 1. The lowest BCUT2D eigenvalue weighted by Gasteiger charge is -2.31. The number of rotatable bonds is 3. The zero-order valence-electron chi connectivity index (χ0n) is 10.4. The van der Waals surface area contributed by atoms with Crippen LogP contribution in [0.25, 0.3) is 0 Å². The van der Waals surface area contributed by atoms with Gasteiger partial charge < -0.3 is 14.9 Å². The van der Waals surface area contributed by atoms with Gasteiger partial charge in [-0.1, -0.05) is 0 Å². The van der Waals surface area contributed by atoms with Gasteiger partial charge in [0.05, 0.1) is 0 Å². The van der Waals surface area contributed by atoms with Gasteiger partial charge in [-0.15, -0.1) is 0 Å². The number of thioether (sulfide) groups is 1. The van der Waals surface area contributed by atoms with Crippen LogP contribution in [0.15, 0.2) is 0 Å². The van der Waals surface area contributed by atoms with Gasteiger partial charge in [0.1, 0.15) is 6.54 Å². The molecule has 1 aliphatic rings. The van der Waals surface area contributed by atoms with E-state index >= 15 is 0 Å². The minimum atomic E-state index is -0.962. The maximum absolute atomic E-state index is 12.2. The van der Waals surface area contributed by atoms with Crippen molar-refractivity contribution in [3.05, 3.63) is 0 Å². The molecule has 0 radical (unpaired) electrons. The lowest BCUT2D eigenvalue weighted by molar-refractivity contribution is -0.138. The van der Waals surface area contributed by atoms with Crippen LogP contribution in [0, 0.1) is 0 Å². The van der Waals surface area contributed by atoms with Gasteiger partial charge in [0.25, 0.3) is 0 Å². The Bertz CT molecular complexity index is 276. The van der Waals surface area contributed by atoms with Crippen molar-refractivity contribution < 1.29 is 14.7 Å². The highest BCUT2D eigenvalue weighted by atomic mass is 32.2. The topological polar surface area (TPSA) is 60.9 Å². The lowest BCUT2D eigenvalue weighted by Crippen LogP contribution is -2.49. The fraction of sp³-hybridized carbons (Fsp3) is 0.818. The highest BCUT2D eigenvalue weighted by Crippen LogP contribution is 2.13. The molecule has 0 spiro atoms. The monoisotopic (exact) mass is 260 g/mol. The molecule has 0 bridgehead atoms. The van der Waals surface area contributed by atoms with Gasteiger partial charge >= 0.3 is 12.0 Å². The zero-order valence-corrected chi connectivity index (χ0v) is 11.2. The molecule has 0 unspecified atom stereocenters. The molecule has 0 aliphatic carbocycles. The van der Waals surface area contributed by atoms with Gasteiger partial charge in [-0.05, 0) is 26.0 Å². The van der Waals surface area contributed by atoms with E-state index in [1.54, 1.807) is 4.90 Å². The normalized spacial score (nSPS) is 16.8. The summed E-state index contributed by atoms with van der Waals surface area (Å²) in [6.07, 6.45) is 0.982. The Labute approximate surface area is 106 Å². The number of carboxylic acid groups (broad SMARTS) is 1. The van der Waals surface area contributed by atoms with Gasteiger partial charge in [-0.2, -0.15) is 11.8 Å². The number of urea groups is 1. The number of nitrogens with zero attached hydrogens (tertiary/aromatic N) is 2.